The lowest BCUT2D eigenvalue weighted by molar-refractivity contribution is -0.154. The Morgan fingerprint density at radius 1 is 1.08 bits per heavy atom. The number of esters is 1. The highest BCUT2D eigenvalue weighted by molar-refractivity contribution is 6.43. The molecular formula is C17H18Cl2N2O5. The van der Waals surface area contributed by atoms with Crippen LogP contribution < -0.4 is 5.32 Å². The summed E-state index contributed by atoms with van der Waals surface area (Å²) in [7, 11) is 0. The monoisotopic (exact) mass is 400 g/mol. The van der Waals surface area contributed by atoms with Gasteiger partial charge in [0.2, 0.25) is 0 Å². The number of carbonyl (C=O) groups excluding carboxylic acids is 4. The normalized spacial score (nSPS) is 14.5. The highest BCUT2D eigenvalue weighted by Gasteiger charge is 2.38. The van der Waals surface area contributed by atoms with E-state index >= 15 is 0 Å². The van der Waals surface area contributed by atoms with Gasteiger partial charge in [-0.05, 0) is 25.0 Å². The van der Waals surface area contributed by atoms with E-state index in [9.17, 15) is 19.2 Å². The van der Waals surface area contributed by atoms with Crippen molar-refractivity contribution in [3.8, 4) is 0 Å². The van der Waals surface area contributed by atoms with Gasteiger partial charge in [0.1, 0.15) is 6.54 Å². The Morgan fingerprint density at radius 2 is 1.58 bits per heavy atom. The third-order valence-electron chi connectivity index (χ3n) is 3.66. The molecule has 7 nitrogen and oxygen atoms in total. The molecule has 140 valence electrons. The molecule has 1 N–H and O–H groups in total. The number of nitrogens with zero attached hydrogens (tertiary/aromatic N) is 1. The second-order valence-electron chi connectivity index (χ2n) is 6.28. The van der Waals surface area contributed by atoms with E-state index in [0.717, 1.165) is 4.90 Å². The fourth-order valence-electron chi connectivity index (χ4n) is 2.29. The van der Waals surface area contributed by atoms with Crippen molar-refractivity contribution < 1.29 is 23.9 Å². The van der Waals surface area contributed by atoms with Gasteiger partial charge in [0.25, 0.3) is 17.7 Å². The molecule has 9 heteroatoms. The average molecular weight is 401 g/mol. The van der Waals surface area contributed by atoms with Crippen LogP contribution >= 0.6 is 23.2 Å². The second-order valence-corrected chi connectivity index (χ2v) is 7.09. The van der Waals surface area contributed by atoms with Gasteiger partial charge in [-0.15, -0.1) is 0 Å². The van der Waals surface area contributed by atoms with E-state index in [-0.39, 0.29) is 27.1 Å². The molecule has 0 aliphatic carbocycles. The summed E-state index contributed by atoms with van der Waals surface area (Å²) in [6.45, 7) is 5.11. The number of rotatable bonds is 6. The molecular weight excluding hydrogens is 383 g/mol. The van der Waals surface area contributed by atoms with Gasteiger partial charge in [-0.25, -0.2) is 0 Å². The van der Waals surface area contributed by atoms with Crippen LogP contribution in [0.25, 0.3) is 0 Å². The summed E-state index contributed by atoms with van der Waals surface area (Å²) < 4.78 is 5.00. The highest BCUT2D eigenvalue weighted by atomic mass is 35.5. The number of ether oxygens (including phenoxy) is 1. The number of halogens is 2. The van der Waals surface area contributed by atoms with E-state index < -0.39 is 36.3 Å². The van der Waals surface area contributed by atoms with Crippen LogP contribution in [-0.4, -0.2) is 47.8 Å². The van der Waals surface area contributed by atoms with Gasteiger partial charge in [0, 0.05) is 6.54 Å². The summed E-state index contributed by atoms with van der Waals surface area (Å²) in [5.41, 5.74) is 0.139. The molecule has 1 aromatic carbocycles. The Labute approximate surface area is 160 Å². The van der Waals surface area contributed by atoms with Crippen molar-refractivity contribution in [3.05, 3.63) is 33.3 Å². The number of hydrogen-bond acceptors (Lipinski definition) is 5. The standard InChI is InChI=1S/C17H18Cl2N2O5/c1-8(2)6-20-15(23)9(3)26-14(22)7-21-16(24)10-4-12(18)13(19)5-11(10)17(21)25/h4-5,8-9H,6-7H2,1-3H3,(H,20,23)/t9-/m0/s1. The minimum Gasteiger partial charge on any atom is -0.451 e. The van der Waals surface area contributed by atoms with Crippen LogP contribution in [0.1, 0.15) is 41.5 Å². The van der Waals surface area contributed by atoms with E-state index in [1.807, 2.05) is 13.8 Å². The quantitative estimate of drug-likeness (QED) is 0.583. The fourth-order valence-corrected chi connectivity index (χ4v) is 2.62. The number of amides is 3. The summed E-state index contributed by atoms with van der Waals surface area (Å²) in [6.07, 6.45) is -1.04. The number of carbonyl (C=O) groups is 4. The SMILES string of the molecule is CC(C)CNC(=O)[C@H](C)OC(=O)CN1C(=O)c2cc(Cl)c(Cl)cc2C1=O. The minimum absolute atomic E-state index is 0.0694. The van der Waals surface area contributed by atoms with Gasteiger partial charge in [-0.2, -0.15) is 0 Å². The summed E-state index contributed by atoms with van der Waals surface area (Å²) in [5, 5.41) is 2.89. The van der Waals surface area contributed by atoms with Crippen LogP contribution in [0.5, 0.6) is 0 Å². The predicted octanol–water partition coefficient (Wildman–Crippen LogP) is 2.29. The van der Waals surface area contributed by atoms with E-state index in [0.29, 0.717) is 6.54 Å². The molecule has 0 radical (unpaired) electrons. The summed E-state index contributed by atoms with van der Waals surface area (Å²) >= 11 is 11.7. The minimum atomic E-state index is -1.04. The number of imide groups is 1. The first-order valence-corrected chi connectivity index (χ1v) is 8.69. The number of fused-ring (bicyclic) bond motifs is 1. The first kappa shape index (κ1) is 20.2. The van der Waals surface area contributed by atoms with Gasteiger partial charge in [-0.1, -0.05) is 37.0 Å². The van der Waals surface area contributed by atoms with E-state index in [4.69, 9.17) is 27.9 Å². The number of hydrogen-bond donors (Lipinski definition) is 1. The number of benzene rings is 1. The molecule has 26 heavy (non-hydrogen) atoms. The molecule has 1 heterocycles. The molecule has 3 amide bonds. The Balaban J connectivity index is 2.01. The van der Waals surface area contributed by atoms with Gasteiger partial charge in [0.15, 0.2) is 6.10 Å². The fraction of sp³-hybridized carbons (Fsp3) is 0.412. The molecule has 0 aromatic heterocycles. The molecule has 0 bridgehead atoms. The smallest absolute Gasteiger partial charge is 0.326 e. The molecule has 1 aliphatic rings. The largest absolute Gasteiger partial charge is 0.451 e. The van der Waals surface area contributed by atoms with Gasteiger partial charge in [0.05, 0.1) is 21.2 Å². The van der Waals surface area contributed by atoms with Crippen molar-refractivity contribution in [1.82, 2.24) is 10.2 Å². The lowest BCUT2D eigenvalue weighted by atomic mass is 10.1. The lowest BCUT2D eigenvalue weighted by Crippen LogP contribution is -2.41. The van der Waals surface area contributed by atoms with E-state index in [1.54, 1.807) is 0 Å². The first-order chi connectivity index (χ1) is 12.1. The van der Waals surface area contributed by atoms with Gasteiger partial charge >= 0.3 is 5.97 Å². The van der Waals surface area contributed by atoms with Crippen molar-refractivity contribution in [3.63, 3.8) is 0 Å². The van der Waals surface area contributed by atoms with E-state index in [1.165, 1.54) is 19.1 Å². The maximum absolute atomic E-state index is 12.3. The maximum Gasteiger partial charge on any atom is 0.326 e. The zero-order valence-corrected chi connectivity index (χ0v) is 16.0. The van der Waals surface area contributed by atoms with E-state index in [2.05, 4.69) is 5.32 Å². The third kappa shape index (κ3) is 4.34. The molecule has 1 aliphatic heterocycles. The Kier molecular flexibility index (Phi) is 6.26. The van der Waals surface area contributed by atoms with Crippen LogP contribution in [0.2, 0.25) is 10.0 Å². The molecule has 0 saturated carbocycles. The average Bonchev–Trinajstić information content (AvgIpc) is 2.77. The Hall–Kier alpha value is -2.12. The van der Waals surface area contributed by atoms with Crippen molar-refractivity contribution in [2.24, 2.45) is 5.92 Å². The molecule has 0 unspecified atom stereocenters. The van der Waals surface area contributed by atoms with Crippen LogP contribution in [-0.2, 0) is 14.3 Å². The first-order valence-electron chi connectivity index (χ1n) is 7.94. The maximum atomic E-state index is 12.3. The molecule has 2 rings (SSSR count). The summed E-state index contributed by atoms with van der Waals surface area (Å²) in [5.74, 6) is -2.41. The Morgan fingerprint density at radius 3 is 2.04 bits per heavy atom. The number of nitrogens with one attached hydrogen (secondary N) is 1. The topological polar surface area (TPSA) is 92.8 Å². The summed E-state index contributed by atoms with van der Waals surface area (Å²) in [6, 6.07) is 2.57. The predicted molar refractivity (Wildman–Crippen MR) is 95.2 cm³/mol. The Bertz CT molecular complexity index is 738. The zero-order chi connectivity index (χ0) is 19.6. The van der Waals surface area contributed by atoms with Crippen LogP contribution in [0.15, 0.2) is 12.1 Å². The summed E-state index contributed by atoms with van der Waals surface area (Å²) in [4.78, 5) is 49.2. The lowest BCUT2D eigenvalue weighted by Gasteiger charge is -2.17. The zero-order valence-electron chi connectivity index (χ0n) is 14.5. The van der Waals surface area contributed by atoms with Crippen molar-refractivity contribution in [1.29, 1.82) is 0 Å². The molecule has 0 saturated heterocycles. The van der Waals surface area contributed by atoms with Crippen molar-refractivity contribution in [2.45, 2.75) is 26.9 Å². The second kappa shape index (κ2) is 8.05. The highest BCUT2D eigenvalue weighted by Crippen LogP contribution is 2.31. The molecule has 1 aromatic rings. The third-order valence-corrected chi connectivity index (χ3v) is 4.38. The van der Waals surface area contributed by atoms with Crippen LogP contribution in [0, 0.1) is 5.92 Å². The van der Waals surface area contributed by atoms with Crippen LogP contribution in [0.4, 0.5) is 0 Å². The van der Waals surface area contributed by atoms with Crippen LogP contribution in [0.3, 0.4) is 0 Å². The van der Waals surface area contributed by atoms with Crippen molar-refractivity contribution >= 4 is 46.9 Å². The molecule has 0 fully saturated rings. The molecule has 1 atom stereocenters. The van der Waals surface area contributed by atoms with Gasteiger partial charge in [-0.3, -0.25) is 24.1 Å². The molecule has 0 spiro atoms. The van der Waals surface area contributed by atoms with Crippen molar-refractivity contribution in [2.75, 3.05) is 13.1 Å². The van der Waals surface area contributed by atoms with Gasteiger partial charge < -0.3 is 10.1 Å².